The van der Waals surface area contributed by atoms with Crippen LogP contribution in [0, 0.1) is 5.92 Å². The Hall–Kier alpha value is -1.64. The zero-order chi connectivity index (χ0) is 23.5. The molecule has 2 aromatic carbocycles. The highest BCUT2D eigenvalue weighted by Gasteiger charge is 2.30. The number of halogens is 2. The number of morpholine rings is 1. The van der Waals surface area contributed by atoms with Crippen LogP contribution in [0.25, 0.3) is 0 Å². The molecule has 2 aromatic rings. The van der Waals surface area contributed by atoms with Crippen molar-refractivity contribution in [3.63, 3.8) is 0 Å². The summed E-state index contributed by atoms with van der Waals surface area (Å²) < 4.78 is 32.6. The molecular weight excluding hydrogens is 471 g/mol. The first-order valence-corrected chi connectivity index (χ1v) is 12.8. The topological polar surface area (TPSA) is 75.7 Å². The van der Waals surface area contributed by atoms with E-state index in [9.17, 15) is 13.2 Å². The van der Waals surface area contributed by atoms with Gasteiger partial charge < -0.3 is 10.1 Å². The van der Waals surface area contributed by atoms with E-state index in [1.165, 1.54) is 22.0 Å². The molecule has 0 saturated carbocycles. The largest absolute Gasteiger partial charge is 0.379 e. The zero-order valence-electron chi connectivity index (χ0n) is 18.4. The minimum absolute atomic E-state index is 0.0215. The molecule has 1 fully saturated rings. The van der Waals surface area contributed by atoms with Crippen LogP contribution in [0.1, 0.15) is 48.3 Å². The van der Waals surface area contributed by atoms with Gasteiger partial charge in [0.1, 0.15) is 4.90 Å². The normalized spacial score (nSPS) is 16.2. The van der Waals surface area contributed by atoms with Crippen molar-refractivity contribution in [2.24, 2.45) is 5.92 Å². The van der Waals surface area contributed by atoms with Crippen molar-refractivity contribution in [3.05, 3.63) is 63.1 Å². The lowest BCUT2D eigenvalue weighted by Gasteiger charge is -2.26. The van der Waals surface area contributed by atoms with Crippen LogP contribution < -0.4 is 5.32 Å². The van der Waals surface area contributed by atoms with Gasteiger partial charge in [0.25, 0.3) is 5.91 Å². The van der Waals surface area contributed by atoms with Crippen LogP contribution in [-0.2, 0) is 21.2 Å². The minimum atomic E-state index is -3.88. The monoisotopic (exact) mass is 498 g/mol. The molecule has 1 saturated heterocycles. The van der Waals surface area contributed by atoms with E-state index in [0.29, 0.717) is 19.1 Å². The predicted octanol–water partition coefficient (Wildman–Crippen LogP) is 4.70. The average Bonchev–Trinajstić information content (AvgIpc) is 2.74. The Morgan fingerprint density at radius 3 is 2.28 bits per heavy atom. The van der Waals surface area contributed by atoms with E-state index in [4.69, 9.17) is 27.9 Å². The van der Waals surface area contributed by atoms with Crippen LogP contribution in [0.15, 0.2) is 41.3 Å². The zero-order valence-corrected chi connectivity index (χ0v) is 20.7. The Bertz CT molecular complexity index is 1070. The van der Waals surface area contributed by atoms with E-state index in [2.05, 4.69) is 31.3 Å². The first kappa shape index (κ1) is 25.0. The summed E-state index contributed by atoms with van der Waals surface area (Å²) in [6.07, 6.45) is 0.988. The summed E-state index contributed by atoms with van der Waals surface area (Å²) in [6, 6.07) is 10.4. The molecule has 1 heterocycles. The van der Waals surface area contributed by atoms with E-state index < -0.39 is 15.9 Å². The van der Waals surface area contributed by atoms with E-state index in [-0.39, 0.29) is 39.6 Å². The third-order valence-corrected chi connectivity index (χ3v) is 8.00. The molecule has 3 rings (SSSR count). The minimum Gasteiger partial charge on any atom is -0.379 e. The smallest absolute Gasteiger partial charge is 0.253 e. The number of benzene rings is 2. The second kappa shape index (κ2) is 10.5. The Kier molecular flexibility index (Phi) is 8.22. The molecule has 9 heteroatoms. The van der Waals surface area contributed by atoms with Gasteiger partial charge in [-0.05, 0) is 42.5 Å². The van der Waals surface area contributed by atoms with Crippen molar-refractivity contribution in [1.29, 1.82) is 0 Å². The molecule has 0 spiro atoms. The van der Waals surface area contributed by atoms with Crippen molar-refractivity contribution in [2.45, 2.75) is 38.1 Å². The van der Waals surface area contributed by atoms with E-state index in [0.717, 1.165) is 12.0 Å². The Morgan fingerprint density at radius 1 is 1.06 bits per heavy atom. The number of nitrogens with one attached hydrogen (secondary N) is 1. The van der Waals surface area contributed by atoms with Crippen LogP contribution in [0.5, 0.6) is 0 Å². The predicted molar refractivity (Wildman–Crippen MR) is 127 cm³/mol. The Balaban J connectivity index is 1.81. The molecule has 1 aliphatic heterocycles. The SMILES string of the molecule is CC(C)Cc1ccc(C(C)NC(=O)c2cc(S(=O)(=O)N3CCOCC3)c(Cl)cc2Cl)cc1. The van der Waals surface area contributed by atoms with Gasteiger partial charge >= 0.3 is 0 Å². The van der Waals surface area contributed by atoms with Gasteiger partial charge in [-0.25, -0.2) is 8.42 Å². The van der Waals surface area contributed by atoms with Gasteiger partial charge in [-0.2, -0.15) is 4.31 Å². The maximum atomic E-state index is 13.1. The highest BCUT2D eigenvalue weighted by molar-refractivity contribution is 7.89. The maximum Gasteiger partial charge on any atom is 0.253 e. The molecule has 1 aliphatic rings. The van der Waals surface area contributed by atoms with Crippen LogP contribution in [0.2, 0.25) is 10.0 Å². The number of ether oxygens (including phenoxy) is 1. The van der Waals surface area contributed by atoms with Gasteiger partial charge in [-0.15, -0.1) is 0 Å². The first-order valence-electron chi connectivity index (χ1n) is 10.6. The average molecular weight is 499 g/mol. The van der Waals surface area contributed by atoms with Gasteiger partial charge in [-0.3, -0.25) is 4.79 Å². The van der Waals surface area contributed by atoms with Crippen molar-refractivity contribution >= 4 is 39.1 Å². The second-order valence-electron chi connectivity index (χ2n) is 8.31. The number of carbonyl (C=O) groups is 1. The number of carbonyl (C=O) groups excluding carboxylic acids is 1. The molecule has 1 unspecified atom stereocenters. The first-order chi connectivity index (χ1) is 15.1. The molecule has 0 radical (unpaired) electrons. The summed E-state index contributed by atoms with van der Waals surface area (Å²) in [7, 11) is -3.88. The Labute approximate surface area is 199 Å². The fourth-order valence-corrected chi connectivity index (χ4v) is 5.84. The van der Waals surface area contributed by atoms with Gasteiger partial charge in [0.2, 0.25) is 10.0 Å². The number of hydrogen-bond donors (Lipinski definition) is 1. The summed E-state index contributed by atoms with van der Waals surface area (Å²) in [6.45, 7) is 7.28. The van der Waals surface area contributed by atoms with E-state index in [1.807, 2.05) is 19.1 Å². The number of nitrogens with zero attached hydrogens (tertiary/aromatic N) is 1. The molecular formula is C23H28Cl2N2O4S. The standard InChI is InChI=1S/C23H28Cl2N2O4S/c1-15(2)12-17-4-6-18(7-5-17)16(3)26-23(28)19-13-22(21(25)14-20(19)24)32(29,30)27-8-10-31-11-9-27/h4-7,13-16H,8-12H2,1-3H3,(H,26,28). The number of hydrogen-bond acceptors (Lipinski definition) is 4. The lowest BCUT2D eigenvalue weighted by molar-refractivity contribution is 0.0730. The number of sulfonamides is 1. The number of amides is 1. The molecule has 1 atom stereocenters. The molecule has 0 bridgehead atoms. The number of rotatable bonds is 7. The second-order valence-corrected chi connectivity index (χ2v) is 11.0. The quantitative estimate of drug-likeness (QED) is 0.599. The van der Waals surface area contributed by atoms with Crippen LogP contribution in [-0.4, -0.2) is 44.9 Å². The summed E-state index contributed by atoms with van der Waals surface area (Å²) in [5, 5.41) is 2.97. The maximum absolute atomic E-state index is 13.1. The summed E-state index contributed by atoms with van der Waals surface area (Å²) in [4.78, 5) is 12.8. The highest BCUT2D eigenvalue weighted by atomic mass is 35.5. The van der Waals surface area contributed by atoms with Crippen LogP contribution in [0.4, 0.5) is 0 Å². The van der Waals surface area contributed by atoms with E-state index in [1.54, 1.807) is 0 Å². The molecule has 0 aliphatic carbocycles. The molecule has 0 aromatic heterocycles. The van der Waals surface area contributed by atoms with E-state index >= 15 is 0 Å². The lowest BCUT2D eigenvalue weighted by atomic mass is 10.00. The van der Waals surface area contributed by atoms with Gasteiger partial charge in [0.15, 0.2) is 0 Å². The van der Waals surface area contributed by atoms with Crippen LogP contribution >= 0.6 is 23.2 Å². The third-order valence-electron chi connectivity index (χ3n) is 5.33. The van der Waals surface area contributed by atoms with Gasteiger partial charge in [0.05, 0.1) is 34.9 Å². The van der Waals surface area contributed by atoms with Crippen molar-refractivity contribution in [3.8, 4) is 0 Å². The molecule has 1 N–H and O–H groups in total. The molecule has 6 nitrogen and oxygen atoms in total. The fraction of sp³-hybridized carbons (Fsp3) is 0.435. The van der Waals surface area contributed by atoms with Crippen molar-refractivity contribution in [2.75, 3.05) is 26.3 Å². The van der Waals surface area contributed by atoms with Gasteiger partial charge in [-0.1, -0.05) is 61.3 Å². The summed E-state index contributed by atoms with van der Waals surface area (Å²) in [5.41, 5.74) is 2.24. The third kappa shape index (κ3) is 5.83. The lowest BCUT2D eigenvalue weighted by Crippen LogP contribution is -2.40. The van der Waals surface area contributed by atoms with Crippen molar-refractivity contribution < 1.29 is 17.9 Å². The Morgan fingerprint density at radius 2 is 1.69 bits per heavy atom. The molecule has 32 heavy (non-hydrogen) atoms. The van der Waals surface area contributed by atoms with Crippen LogP contribution in [0.3, 0.4) is 0 Å². The van der Waals surface area contributed by atoms with Gasteiger partial charge in [0, 0.05) is 13.1 Å². The summed E-state index contributed by atoms with van der Waals surface area (Å²) >= 11 is 12.5. The fourth-order valence-electron chi connectivity index (χ4n) is 3.60. The molecule has 1 amide bonds. The summed E-state index contributed by atoms with van der Waals surface area (Å²) in [5.74, 6) is 0.0943. The highest BCUT2D eigenvalue weighted by Crippen LogP contribution is 2.31. The van der Waals surface area contributed by atoms with Crippen molar-refractivity contribution in [1.82, 2.24) is 9.62 Å². The molecule has 174 valence electrons.